The molecule has 0 amide bonds. The van der Waals surface area contributed by atoms with Crippen molar-refractivity contribution in [2.75, 3.05) is 0 Å². The van der Waals surface area contributed by atoms with Gasteiger partial charge >= 0.3 is 0 Å². The molecule has 0 saturated heterocycles. The topological polar surface area (TPSA) is 48.8 Å². The maximum Gasteiger partial charge on any atom is 0.0633 e. The molecular formula is C10H11N3. The zero-order valence-corrected chi connectivity index (χ0v) is 7.51. The summed E-state index contributed by atoms with van der Waals surface area (Å²) in [6, 6.07) is 8.26. The van der Waals surface area contributed by atoms with Crippen molar-refractivity contribution in [3.63, 3.8) is 0 Å². The molecule has 13 heavy (non-hydrogen) atoms. The van der Waals surface area contributed by atoms with Gasteiger partial charge in [-0.2, -0.15) is 0 Å². The van der Waals surface area contributed by atoms with Crippen LogP contribution in [0.3, 0.4) is 0 Å². The molecule has 2 atom stereocenters. The second-order valence-corrected chi connectivity index (χ2v) is 3.49. The van der Waals surface area contributed by atoms with Crippen LogP contribution in [0.15, 0.2) is 29.4 Å². The van der Waals surface area contributed by atoms with Crippen LogP contribution in [0.1, 0.15) is 36.4 Å². The Morgan fingerprint density at radius 1 is 1.38 bits per heavy atom. The predicted molar refractivity (Wildman–Crippen MR) is 51.4 cm³/mol. The van der Waals surface area contributed by atoms with Crippen molar-refractivity contribution >= 4 is 0 Å². The smallest absolute Gasteiger partial charge is 0.0633 e. The molecule has 0 spiro atoms. The Morgan fingerprint density at radius 2 is 2.08 bits per heavy atom. The van der Waals surface area contributed by atoms with Crippen LogP contribution in [-0.4, -0.2) is 0 Å². The Morgan fingerprint density at radius 3 is 2.77 bits per heavy atom. The zero-order valence-electron chi connectivity index (χ0n) is 7.51. The average Bonchev–Trinajstić information content (AvgIpc) is 2.46. The van der Waals surface area contributed by atoms with Gasteiger partial charge in [0.2, 0.25) is 0 Å². The first-order valence-corrected chi connectivity index (χ1v) is 4.46. The second-order valence-electron chi connectivity index (χ2n) is 3.49. The molecule has 0 bridgehead atoms. The van der Waals surface area contributed by atoms with Gasteiger partial charge in [0.15, 0.2) is 0 Å². The molecule has 1 aromatic carbocycles. The van der Waals surface area contributed by atoms with Crippen LogP contribution in [0, 0.1) is 0 Å². The molecule has 0 aliphatic heterocycles. The van der Waals surface area contributed by atoms with Crippen molar-refractivity contribution in [1.29, 1.82) is 0 Å². The van der Waals surface area contributed by atoms with Crippen LogP contribution in [0.2, 0.25) is 0 Å². The van der Waals surface area contributed by atoms with Crippen molar-refractivity contribution in [3.8, 4) is 0 Å². The van der Waals surface area contributed by atoms with Gasteiger partial charge in [0.1, 0.15) is 0 Å². The molecule has 2 unspecified atom stereocenters. The summed E-state index contributed by atoms with van der Waals surface area (Å²) in [5.74, 6) is 0.520. The van der Waals surface area contributed by atoms with Crippen molar-refractivity contribution in [3.05, 3.63) is 45.8 Å². The molecule has 66 valence electrons. The van der Waals surface area contributed by atoms with E-state index in [1.54, 1.807) is 0 Å². The second kappa shape index (κ2) is 3.11. The third kappa shape index (κ3) is 1.27. The van der Waals surface area contributed by atoms with Crippen molar-refractivity contribution in [2.24, 2.45) is 5.11 Å². The summed E-state index contributed by atoms with van der Waals surface area (Å²) in [5.41, 5.74) is 10.9. The van der Waals surface area contributed by atoms with E-state index in [0.29, 0.717) is 5.92 Å². The van der Waals surface area contributed by atoms with Gasteiger partial charge in [-0.25, -0.2) is 0 Å². The molecule has 1 aromatic rings. The van der Waals surface area contributed by atoms with E-state index in [-0.39, 0.29) is 6.04 Å². The van der Waals surface area contributed by atoms with Crippen LogP contribution in [0.5, 0.6) is 0 Å². The highest BCUT2D eigenvalue weighted by atomic mass is 15.1. The summed E-state index contributed by atoms with van der Waals surface area (Å²) in [4.78, 5) is 2.88. The van der Waals surface area contributed by atoms with Gasteiger partial charge in [-0.05, 0) is 29.0 Å². The van der Waals surface area contributed by atoms with E-state index in [0.717, 1.165) is 6.42 Å². The van der Waals surface area contributed by atoms with E-state index in [1.165, 1.54) is 11.1 Å². The van der Waals surface area contributed by atoms with Crippen molar-refractivity contribution in [2.45, 2.75) is 25.3 Å². The van der Waals surface area contributed by atoms with Crippen molar-refractivity contribution < 1.29 is 0 Å². The number of rotatable bonds is 1. The molecule has 0 saturated carbocycles. The van der Waals surface area contributed by atoms with Gasteiger partial charge in [0.05, 0.1) is 6.04 Å². The molecule has 0 radical (unpaired) electrons. The molecule has 1 aliphatic rings. The fourth-order valence-corrected chi connectivity index (χ4v) is 2.02. The Kier molecular flexibility index (Phi) is 1.95. The lowest BCUT2D eigenvalue weighted by atomic mass is 10.0. The van der Waals surface area contributed by atoms with Gasteiger partial charge in [-0.3, -0.25) is 0 Å². The summed E-state index contributed by atoms with van der Waals surface area (Å²) in [6.45, 7) is 2.17. The summed E-state index contributed by atoms with van der Waals surface area (Å²) < 4.78 is 0. The minimum absolute atomic E-state index is 0.0520. The molecule has 0 fully saturated rings. The normalized spacial score (nSPS) is 25.0. The number of hydrogen-bond donors (Lipinski definition) is 0. The Hall–Kier alpha value is -1.47. The van der Waals surface area contributed by atoms with Gasteiger partial charge in [0, 0.05) is 4.91 Å². The van der Waals surface area contributed by atoms with Gasteiger partial charge in [-0.1, -0.05) is 36.3 Å². The van der Waals surface area contributed by atoms with Crippen LogP contribution >= 0.6 is 0 Å². The molecule has 3 heteroatoms. The molecular weight excluding hydrogens is 162 g/mol. The zero-order chi connectivity index (χ0) is 9.26. The molecule has 0 heterocycles. The summed E-state index contributed by atoms with van der Waals surface area (Å²) in [7, 11) is 0. The average molecular weight is 173 g/mol. The monoisotopic (exact) mass is 173 g/mol. The van der Waals surface area contributed by atoms with Crippen LogP contribution in [0.25, 0.3) is 10.4 Å². The van der Waals surface area contributed by atoms with Gasteiger partial charge in [0.25, 0.3) is 0 Å². The predicted octanol–water partition coefficient (Wildman–Crippen LogP) is 3.55. The number of azide groups is 1. The molecule has 1 aliphatic carbocycles. The van der Waals surface area contributed by atoms with Crippen molar-refractivity contribution in [1.82, 2.24) is 0 Å². The van der Waals surface area contributed by atoms with Crippen LogP contribution in [-0.2, 0) is 0 Å². The highest BCUT2D eigenvalue weighted by molar-refractivity contribution is 5.37. The highest BCUT2D eigenvalue weighted by Crippen LogP contribution is 2.41. The van der Waals surface area contributed by atoms with Gasteiger partial charge in [-0.15, -0.1) is 0 Å². The standard InChI is InChI=1S/C10H11N3/c1-7-6-10(12-13-11)9-5-3-2-4-8(7)9/h2-5,7,10H,6H2,1H3. The number of benzene rings is 1. The Balaban J connectivity index is 2.46. The molecule has 0 N–H and O–H groups in total. The lowest BCUT2D eigenvalue weighted by Crippen LogP contribution is -1.85. The Bertz CT molecular complexity index is 366. The summed E-state index contributed by atoms with van der Waals surface area (Å²) in [6.07, 6.45) is 0.948. The maximum atomic E-state index is 8.40. The molecule has 3 nitrogen and oxygen atoms in total. The van der Waals surface area contributed by atoms with E-state index < -0.39 is 0 Å². The summed E-state index contributed by atoms with van der Waals surface area (Å²) in [5, 5.41) is 3.80. The first-order valence-electron chi connectivity index (χ1n) is 4.46. The SMILES string of the molecule is CC1CC(N=[N+]=[N-])c2ccccc21. The summed E-state index contributed by atoms with van der Waals surface area (Å²) >= 11 is 0. The molecule has 0 aromatic heterocycles. The first kappa shape index (κ1) is 8.14. The largest absolute Gasteiger partial charge is 0.0859 e. The van der Waals surface area contributed by atoms with E-state index >= 15 is 0 Å². The lowest BCUT2D eigenvalue weighted by Gasteiger charge is -2.02. The van der Waals surface area contributed by atoms with Crippen LogP contribution in [0.4, 0.5) is 0 Å². The molecule has 2 rings (SSSR count). The fourth-order valence-electron chi connectivity index (χ4n) is 2.02. The maximum absolute atomic E-state index is 8.40. The minimum atomic E-state index is 0.0520. The highest BCUT2D eigenvalue weighted by Gasteiger charge is 2.26. The van der Waals surface area contributed by atoms with E-state index in [9.17, 15) is 0 Å². The third-order valence-electron chi connectivity index (χ3n) is 2.65. The quantitative estimate of drug-likeness (QED) is 0.354. The number of hydrogen-bond acceptors (Lipinski definition) is 1. The number of nitrogens with zero attached hydrogens (tertiary/aromatic N) is 3. The van der Waals surface area contributed by atoms with Gasteiger partial charge < -0.3 is 0 Å². The lowest BCUT2D eigenvalue weighted by molar-refractivity contribution is 0.637. The Labute approximate surface area is 77.0 Å². The van der Waals surface area contributed by atoms with E-state index in [1.807, 2.05) is 12.1 Å². The van der Waals surface area contributed by atoms with Crippen LogP contribution < -0.4 is 0 Å². The number of fused-ring (bicyclic) bond motifs is 1. The van der Waals surface area contributed by atoms with E-state index in [4.69, 9.17) is 5.53 Å². The third-order valence-corrected chi connectivity index (χ3v) is 2.65. The minimum Gasteiger partial charge on any atom is -0.0859 e. The first-order chi connectivity index (χ1) is 6.33. The fraction of sp³-hybridized carbons (Fsp3) is 0.400. The van der Waals surface area contributed by atoms with E-state index in [2.05, 4.69) is 29.1 Å².